The molecule has 4 rings (SSSR count). The van der Waals surface area contributed by atoms with E-state index in [4.69, 9.17) is 9.47 Å². The molecule has 148 valence electrons. The number of anilines is 2. The number of aryl methyl sites for hydroxylation is 1. The number of rotatable bonds is 5. The quantitative estimate of drug-likeness (QED) is 0.863. The largest absolute Gasteiger partial charge is 0.497 e. The average Bonchev–Trinajstić information content (AvgIpc) is 2.75. The van der Waals surface area contributed by atoms with Crippen LogP contribution in [0.5, 0.6) is 11.5 Å². The second-order valence-electron chi connectivity index (χ2n) is 7.25. The summed E-state index contributed by atoms with van der Waals surface area (Å²) in [7, 11) is 3.36. The van der Waals surface area contributed by atoms with Crippen LogP contribution in [0.4, 0.5) is 11.4 Å². The molecule has 0 saturated carbocycles. The van der Waals surface area contributed by atoms with Gasteiger partial charge in [-0.2, -0.15) is 0 Å². The van der Waals surface area contributed by atoms with Gasteiger partial charge in [-0.3, -0.25) is 4.79 Å². The standard InChI is InChI=1S/C22H27N3O3/c1-27-19-4-5-21-17(13-19)3-6-22(26)25(21)15-16-11-18(14-20(12-16)28-2)24-9-7-23-8-10-24/h4-5,11-14,23H,3,6-10,15H2,1-2H3. The first kappa shape index (κ1) is 18.6. The SMILES string of the molecule is COc1cc(CN2C(=O)CCc3cc(OC)ccc32)cc(N2CCNCC2)c1. The van der Waals surface area contributed by atoms with Crippen molar-refractivity contribution in [2.24, 2.45) is 0 Å². The molecular formula is C22H27N3O3. The number of methoxy groups -OCH3 is 2. The van der Waals surface area contributed by atoms with Gasteiger partial charge in [-0.05, 0) is 47.9 Å². The van der Waals surface area contributed by atoms with Crippen LogP contribution in [0.25, 0.3) is 0 Å². The number of nitrogens with zero attached hydrogens (tertiary/aromatic N) is 2. The topological polar surface area (TPSA) is 54.0 Å². The van der Waals surface area contributed by atoms with Gasteiger partial charge in [0.1, 0.15) is 11.5 Å². The van der Waals surface area contributed by atoms with Crippen LogP contribution in [0.2, 0.25) is 0 Å². The van der Waals surface area contributed by atoms with Crippen molar-refractivity contribution in [3.05, 3.63) is 47.5 Å². The Morgan fingerprint density at radius 3 is 2.50 bits per heavy atom. The fourth-order valence-corrected chi connectivity index (χ4v) is 3.98. The molecule has 0 bridgehead atoms. The minimum atomic E-state index is 0.157. The third kappa shape index (κ3) is 3.78. The predicted octanol–water partition coefficient (Wildman–Crippen LogP) is 2.59. The molecule has 2 aliphatic rings. The minimum absolute atomic E-state index is 0.157. The Balaban J connectivity index is 1.64. The molecule has 2 aromatic carbocycles. The fraction of sp³-hybridized carbons (Fsp3) is 0.409. The highest BCUT2D eigenvalue weighted by Gasteiger charge is 2.25. The van der Waals surface area contributed by atoms with Gasteiger partial charge in [0, 0.05) is 50.0 Å². The molecule has 1 N–H and O–H groups in total. The van der Waals surface area contributed by atoms with Crippen molar-refractivity contribution in [3.8, 4) is 11.5 Å². The molecule has 1 amide bonds. The van der Waals surface area contributed by atoms with Gasteiger partial charge in [0.2, 0.25) is 5.91 Å². The fourth-order valence-electron chi connectivity index (χ4n) is 3.98. The number of piperazine rings is 1. The third-order valence-corrected chi connectivity index (χ3v) is 5.50. The Morgan fingerprint density at radius 2 is 1.75 bits per heavy atom. The summed E-state index contributed by atoms with van der Waals surface area (Å²) in [6.45, 7) is 4.43. The highest BCUT2D eigenvalue weighted by Crippen LogP contribution is 2.33. The van der Waals surface area contributed by atoms with Crippen molar-refractivity contribution >= 4 is 17.3 Å². The molecule has 0 aromatic heterocycles. The Bertz CT molecular complexity index is 862. The van der Waals surface area contributed by atoms with Crippen LogP contribution in [0, 0.1) is 0 Å². The van der Waals surface area contributed by atoms with E-state index >= 15 is 0 Å². The number of carbonyl (C=O) groups is 1. The molecule has 2 aromatic rings. The zero-order valence-electron chi connectivity index (χ0n) is 16.5. The number of ether oxygens (including phenoxy) is 2. The highest BCUT2D eigenvalue weighted by atomic mass is 16.5. The van der Waals surface area contributed by atoms with Crippen LogP contribution in [0.3, 0.4) is 0 Å². The lowest BCUT2D eigenvalue weighted by molar-refractivity contribution is -0.119. The molecule has 0 unspecified atom stereocenters. The second-order valence-corrected chi connectivity index (χ2v) is 7.25. The van der Waals surface area contributed by atoms with E-state index < -0.39 is 0 Å². The summed E-state index contributed by atoms with van der Waals surface area (Å²) in [4.78, 5) is 16.9. The molecule has 0 atom stereocenters. The molecule has 0 aliphatic carbocycles. The summed E-state index contributed by atoms with van der Waals surface area (Å²) in [6.07, 6.45) is 1.28. The normalized spacial score (nSPS) is 16.7. The molecule has 1 saturated heterocycles. The molecular weight excluding hydrogens is 354 g/mol. The first-order chi connectivity index (χ1) is 13.7. The van der Waals surface area contributed by atoms with E-state index in [2.05, 4.69) is 22.3 Å². The Morgan fingerprint density at radius 1 is 0.964 bits per heavy atom. The van der Waals surface area contributed by atoms with E-state index in [0.717, 1.165) is 66.6 Å². The first-order valence-electron chi connectivity index (χ1n) is 9.79. The zero-order chi connectivity index (χ0) is 19.5. The maximum Gasteiger partial charge on any atom is 0.227 e. The summed E-state index contributed by atoms with van der Waals surface area (Å²) < 4.78 is 10.9. The van der Waals surface area contributed by atoms with E-state index in [-0.39, 0.29) is 5.91 Å². The van der Waals surface area contributed by atoms with Crippen molar-refractivity contribution in [1.82, 2.24) is 5.32 Å². The van der Waals surface area contributed by atoms with Crippen LogP contribution >= 0.6 is 0 Å². The molecule has 2 aliphatic heterocycles. The van der Waals surface area contributed by atoms with E-state index in [1.165, 1.54) is 0 Å². The van der Waals surface area contributed by atoms with E-state index in [0.29, 0.717) is 13.0 Å². The van der Waals surface area contributed by atoms with Crippen molar-refractivity contribution in [3.63, 3.8) is 0 Å². The lowest BCUT2D eigenvalue weighted by atomic mass is 10.00. The van der Waals surface area contributed by atoms with Crippen molar-refractivity contribution in [1.29, 1.82) is 0 Å². The molecule has 6 nitrogen and oxygen atoms in total. The number of benzene rings is 2. The van der Waals surface area contributed by atoms with Crippen molar-refractivity contribution in [2.75, 3.05) is 50.2 Å². The monoisotopic (exact) mass is 381 g/mol. The summed E-state index contributed by atoms with van der Waals surface area (Å²) in [5.41, 5.74) is 4.35. The Kier molecular flexibility index (Phi) is 5.39. The number of fused-ring (bicyclic) bond motifs is 1. The van der Waals surface area contributed by atoms with Crippen LogP contribution in [-0.2, 0) is 17.8 Å². The average molecular weight is 381 g/mol. The number of hydrogen-bond acceptors (Lipinski definition) is 5. The van der Waals surface area contributed by atoms with E-state index in [1.54, 1.807) is 14.2 Å². The van der Waals surface area contributed by atoms with Crippen molar-refractivity contribution in [2.45, 2.75) is 19.4 Å². The van der Waals surface area contributed by atoms with Gasteiger partial charge in [-0.1, -0.05) is 0 Å². The predicted molar refractivity (Wildman–Crippen MR) is 111 cm³/mol. The smallest absolute Gasteiger partial charge is 0.227 e. The van der Waals surface area contributed by atoms with Gasteiger partial charge in [-0.15, -0.1) is 0 Å². The second kappa shape index (κ2) is 8.10. The summed E-state index contributed by atoms with van der Waals surface area (Å²) >= 11 is 0. The van der Waals surface area contributed by atoms with Crippen LogP contribution in [0.1, 0.15) is 17.5 Å². The molecule has 2 heterocycles. The number of carbonyl (C=O) groups excluding carboxylic acids is 1. The van der Waals surface area contributed by atoms with Crippen molar-refractivity contribution < 1.29 is 14.3 Å². The number of amides is 1. The lowest BCUT2D eigenvalue weighted by Crippen LogP contribution is -2.43. The Labute approximate surface area is 166 Å². The maximum absolute atomic E-state index is 12.7. The minimum Gasteiger partial charge on any atom is -0.497 e. The molecule has 0 radical (unpaired) electrons. The summed E-state index contributed by atoms with van der Waals surface area (Å²) in [6, 6.07) is 12.2. The molecule has 0 spiro atoms. The summed E-state index contributed by atoms with van der Waals surface area (Å²) in [5.74, 6) is 1.81. The van der Waals surface area contributed by atoms with Crippen LogP contribution in [0.15, 0.2) is 36.4 Å². The summed E-state index contributed by atoms with van der Waals surface area (Å²) in [5, 5.41) is 3.38. The van der Waals surface area contributed by atoms with Gasteiger partial charge in [-0.25, -0.2) is 0 Å². The van der Waals surface area contributed by atoms with E-state index in [9.17, 15) is 4.79 Å². The van der Waals surface area contributed by atoms with Gasteiger partial charge in [0.25, 0.3) is 0 Å². The van der Waals surface area contributed by atoms with Crippen LogP contribution in [-0.4, -0.2) is 46.3 Å². The third-order valence-electron chi connectivity index (χ3n) is 5.50. The van der Waals surface area contributed by atoms with Gasteiger partial charge in [0.15, 0.2) is 0 Å². The lowest BCUT2D eigenvalue weighted by Gasteiger charge is -2.32. The van der Waals surface area contributed by atoms with Gasteiger partial charge >= 0.3 is 0 Å². The molecule has 28 heavy (non-hydrogen) atoms. The van der Waals surface area contributed by atoms with Gasteiger partial charge in [0.05, 0.1) is 20.8 Å². The van der Waals surface area contributed by atoms with E-state index in [1.807, 2.05) is 29.2 Å². The molecule has 1 fully saturated rings. The number of hydrogen-bond donors (Lipinski definition) is 1. The molecule has 6 heteroatoms. The highest BCUT2D eigenvalue weighted by molar-refractivity contribution is 5.96. The van der Waals surface area contributed by atoms with Gasteiger partial charge < -0.3 is 24.6 Å². The first-order valence-corrected chi connectivity index (χ1v) is 9.79. The maximum atomic E-state index is 12.7. The Hall–Kier alpha value is -2.73. The number of nitrogens with one attached hydrogen (secondary N) is 1. The van der Waals surface area contributed by atoms with Crippen LogP contribution < -0.4 is 24.6 Å². The zero-order valence-corrected chi connectivity index (χ0v) is 16.5.